The van der Waals surface area contributed by atoms with E-state index < -0.39 is 0 Å². The summed E-state index contributed by atoms with van der Waals surface area (Å²) in [4.78, 5) is 0. The molecule has 0 saturated carbocycles. The van der Waals surface area contributed by atoms with Crippen LogP contribution in [0, 0.1) is 0 Å². The van der Waals surface area contributed by atoms with E-state index in [-0.39, 0.29) is 64.5 Å². The van der Waals surface area contributed by atoms with Crippen molar-refractivity contribution in [3.05, 3.63) is 0 Å². The second kappa shape index (κ2) is 25.6. The fourth-order valence-electron chi connectivity index (χ4n) is 0. The van der Waals surface area contributed by atoms with Crippen LogP contribution >= 0.6 is 0 Å². The van der Waals surface area contributed by atoms with Crippen LogP contribution in [-0.4, -0.2) is 43.9 Å². The Kier molecular flexibility index (Phi) is 120. The molecule has 0 rings (SSSR count). The van der Waals surface area contributed by atoms with Gasteiger partial charge < -0.3 is 0 Å². The summed E-state index contributed by atoms with van der Waals surface area (Å²) in [6, 6.07) is 0. The van der Waals surface area contributed by atoms with Gasteiger partial charge in [0.25, 0.3) is 0 Å². The number of rotatable bonds is 0. The summed E-state index contributed by atoms with van der Waals surface area (Å²) in [5.74, 6) is 0. The van der Waals surface area contributed by atoms with Crippen LogP contribution in [0.4, 0.5) is 0 Å². The molecule has 0 atom stereocenters. The standard InChI is InChI=1S/Ir.Pt.Ru.Sb.Sn.4H. The fourth-order valence-corrected chi connectivity index (χ4v) is 0. The third-order valence-corrected chi connectivity index (χ3v) is 0. The Hall–Kier alpha value is 3.58. The molecule has 0 saturated heterocycles. The normalized spacial score (nSPS) is 1.40. The van der Waals surface area contributed by atoms with Gasteiger partial charge in [-0.05, 0) is 0 Å². The first-order chi connectivity index (χ1) is 1.00. The Morgan fingerprint density at radius 3 is 1.20 bits per heavy atom. The summed E-state index contributed by atoms with van der Waals surface area (Å²) in [5, 5.41) is 0. The van der Waals surface area contributed by atoms with Crippen molar-refractivity contribution in [3.63, 3.8) is 0 Å². The van der Waals surface area contributed by atoms with Crippen molar-refractivity contribution in [2.75, 3.05) is 0 Å². The molecule has 0 fully saturated rings. The molecule has 0 aromatic carbocycles. The molecule has 0 aliphatic rings. The number of hydrogen-bond acceptors (Lipinski definition) is 0. The maximum absolute atomic E-state index is 2.13. The van der Waals surface area contributed by atoms with Crippen molar-refractivity contribution < 1.29 is 55.8 Å². The van der Waals surface area contributed by atoms with Crippen molar-refractivity contribution in [1.29, 1.82) is 0 Å². The summed E-state index contributed by atoms with van der Waals surface area (Å²) < 4.78 is 0. The van der Waals surface area contributed by atoms with E-state index in [2.05, 4.69) is 15.2 Å². The van der Waals surface area contributed by atoms with Crippen LogP contribution in [0.15, 0.2) is 0 Å². The first kappa shape index (κ1) is 23.5. The first-order valence-corrected chi connectivity index (χ1v) is 10.6. The third kappa shape index (κ3) is 18.4. The summed E-state index contributed by atoms with van der Waals surface area (Å²) in [7, 11) is 0. The van der Waals surface area contributed by atoms with Gasteiger partial charge in [-0.2, -0.15) is 0 Å². The molecule has 0 aromatic rings. The number of hydrogen-bond donors (Lipinski definition) is 0. The van der Waals surface area contributed by atoms with Crippen LogP contribution in [0.25, 0.3) is 0 Å². The average Bonchev–Trinajstić information content (AvgIpc) is 1.00. The Morgan fingerprint density at radius 2 is 1.20 bits per heavy atom. The zero-order valence-corrected chi connectivity index (χ0v) is 16.0. The molecule has 0 amide bonds. The van der Waals surface area contributed by atoms with Gasteiger partial charge in [0.2, 0.25) is 0 Å². The van der Waals surface area contributed by atoms with E-state index in [1.54, 1.807) is 0 Å². The van der Waals surface area contributed by atoms with Gasteiger partial charge in [0, 0.05) is 40.5 Å². The minimum atomic E-state index is 0. The van der Waals surface area contributed by atoms with Crippen LogP contribution in [0.3, 0.4) is 0 Å². The molecule has 0 nitrogen and oxygen atoms in total. The molecule has 0 unspecified atom stereocenters. The molecule has 0 aromatic heterocycles. The van der Waals surface area contributed by atoms with Gasteiger partial charge >= 0.3 is 59.1 Å². The zero-order valence-electron chi connectivity index (χ0n) is 2.29. The minimum absolute atomic E-state index is 0. The molecule has 0 aliphatic heterocycles. The van der Waals surface area contributed by atoms with Crippen molar-refractivity contribution >= 4 is 43.9 Å². The zero-order chi connectivity index (χ0) is 2.00. The Balaban J connectivity index is -0.00000000167. The van der Waals surface area contributed by atoms with E-state index in [1.165, 1.54) is 20.0 Å². The van der Waals surface area contributed by atoms with Crippen molar-refractivity contribution in [1.82, 2.24) is 0 Å². The van der Waals surface area contributed by atoms with E-state index in [4.69, 9.17) is 0 Å². The summed E-state index contributed by atoms with van der Waals surface area (Å²) >= 11 is 3.48. The van der Waals surface area contributed by atoms with Gasteiger partial charge in [-0.25, -0.2) is 0 Å². The Bertz CT molecular complexity index is 11.6. The maximum atomic E-state index is 2.13. The molecule has 0 bridgehead atoms. The molecule has 0 N–H and O–H groups in total. The van der Waals surface area contributed by atoms with Gasteiger partial charge in [-0.1, -0.05) is 0 Å². The topological polar surface area (TPSA) is 0 Å². The van der Waals surface area contributed by atoms with Gasteiger partial charge in [-0.3, -0.25) is 0 Å². The molecule has 40 valence electrons. The van der Waals surface area contributed by atoms with Crippen LogP contribution in [0.2, 0.25) is 0 Å². The summed E-state index contributed by atoms with van der Waals surface area (Å²) in [6.07, 6.45) is 0. The molecular formula is H4IrPtRuSbSn. The van der Waals surface area contributed by atoms with E-state index in [9.17, 15) is 0 Å². The second-order valence-corrected chi connectivity index (χ2v) is 0. The molecular weight excluding hydrogens is 729 g/mol. The molecule has 0 spiro atoms. The van der Waals surface area contributed by atoms with Crippen molar-refractivity contribution in [2.24, 2.45) is 0 Å². The van der Waals surface area contributed by atoms with Crippen LogP contribution < -0.4 is 0 Å². The third-order valence-electron chi connectivity index (χ3n) is 0. The molecule has 0 aliphatic carbocycles. The quantitative estimate of drug-likeness (QED) is 0.258. The Labute approximate surface area is 97.4 Å². The van der Waals surface area contributed by atoms with E-state index in [1.807, 2.05) is 0 Å². The van der Waals surface area contributed by atoms with Gasteiger partial charge in [0.1, 0.15) is 0 Å². The molecule has 2 radical (unpaired) electrons. The summed E-state index contributed by atoms with van der Waals surface area (Å²) in [5.41, 5.74) is 0. The van der Waals surface area contributed by atoms with Gasteiger partial charge in [0.15, 0.2) is 0 Å². The summed E-state index contributed by atoms with van der Waals surface area (Å²) in [6.45, 7) is 0. The fraction of sp³-hybridized carbons (Fsp3) is 0. The molecule has 5 heteroatoms. The van der Waals surface area contributed by atoms with Crippen molar-refractivity contribution in [3.8, 4) is 0 Å². The monoisotopic (exact) mass is 735 g/mol. The van der Waals surface area contributed by atoms with Crippen LogP contribution in [0.1, 0.15) is 0 Å². The SMILES string of the molecule is [Pt].[Ru].[SbH2][Ir].[SnH2]. The second-order valence-electron chi connectivity index (χ2n) is 0. The predicted molar refractivity (Wildman–Crippen MR) is 17.1 cm³/mol. The van der Waals surface area contributed by atoms with Gasteiger partial charge in [-0.15, -0.1) is 0 Å². The van der Waals surface area contributed by atoms with Gasteiger partial charge in [0.05, 0.1) is 0 Å². The van der Waals surface area contributed by atoms with Crippen LogP contribution in [-0.2, 0) is 55.8 Å². The molecule has 5 heavy (non-hydrogen) atoms. The predicted octanol–water partition coefficient (Wildman–Crippen LogP) is -1.84. The van der Waals surface area contributed by atoms with E-state index >= 15 is 0 Å². The van der Waals surface area contributed by atoms with E-state index in [0.29, 0.717) is 0 Å². The van der Waals surface area contributed by atoms with Crippen molar-refractivity contribution in [2.45, 2.75) is 0 Å². The first-order valence-electron chi connectivity index (χ1n) is 0.192. The van der Waals surface area contributed by atoms with E-state index in [0.717, 1.165) is 0 Å². The average molecular weight is 733 g/mol. The molecule has 0 heterocycles. The van der Waals surface area contributed by atoms with Crippen LogP contribution in [0.5, 0.6) is 0 Å². The Morgan fingerprint density at radius 1 is 1.20 bits per heavy atom.